The molecule has 1 saturated heterocycles. The van der Waals surface area contributed by atoms with Gasteiger partial charge in [-0.1, -0.05) is 17.3 Å². The van der Waals surface area contributed by atoms with Crippen molar-refractivity contribution >= 4 is 11.9 Å². The van der Waals surface area contributed by atoms with Gasteiger partial charge >= 0.3 is 0 Å². The van der Waals surface area contributed by atoms with E-state index in [1.807, 2.05) is 55.1 Å². The minimum absolute atomic E-state index is 0.00838. The van der Waals surface area contributed by atoms with Crippen molar-refractivity contribution in [3.8, 4) is 11.3 Å². The smallest absolute Gasteiger partial charge is 0.254 e. The van der Waals surface area contributed by atoms with Gasteiger partial charge in [-0.25, -0.2) is 9.97 Å². The lowest BCUT2D eigenvalue weighted by molar-refractivity contribution is 0.0602. The molecule has 1 aliphatic heterocycles. The van der Waals surface area contributed by atoms with E-state index in [0.717, 1.165) is 42.0 Å². The molecule has 28 heavy (non-hydrogen) atoms. The molecule has 3 heterocycles. The van der Waals surface area contributed by atoms with Gasteiger partial charge in [0.15, 0.2) is 0 Å². The van der Waals surface area contributed by atoms with E-state index < -0.39 is 0 Å². The molecule has 2 N–H and O–H groups in total. The molecule has 0 aliphatic carbocycles. The number of carbonyl (C=O) groups is 1. The highest BCUT2D eigenvalue weighted by Gasteiger charge is 2.30. The largest absolute Gasteiger partial charge is 0.368 e. The molecule has 1 fully saturated rings. The van der Waals surface area contributed by atoms with Crippen molar-refractivity contribution in [2.45, 2.75) is 39.2 Å². The van der Waals surface area contributed by atoms with Gasteiger partial charge in [-0.2, -0.15) is 0 Å². The standard InChI is InChI=1S/C21H23N5O2/c1-13-10-17(24-21(22)23-13)15-6-5-7-16(12-15)20(27)26-9-4-3-8-19(26)18-11-14(2)28-25-18/h5-7,10-12,19H,3-4,8-9H2,1-2H3,(H2,22,23,24)/t19-/m0/s1. The normalized spacial score (nSPS) is 16.9. The number of rotatable bonds is 3. The fraction of sp³-hybridized carbons (Fsp3) is 0.333. The van der Waals surface area contributed by atoms with Crippen molar-refractivity contribution < 1.29 is 9.32 Å². The summed E-state index contributed by atoms with van der Waals surface area (Å²) in [5.74, 6) is 0.974. The number of anilines is 1. The predicted molar refractivity (Wildman–Crippen MR) is 105 cm³/mol. The van der Waals surface area contributed by atoms with E-state index in [4.69, 9.17) is 10.3 Å². The summed E-state index contributed by atoms with van der Waals surface area (Å²) in [6.45, 7) is 4.44. The van der Waals surface area contributed by atoms with Crippen molar-refractivity contribution in [2.24, 2.45) is 0 Å². The molecule has 2 aromatic heterocycles. The molecule has 0 bridgehead atoms. The summed E-state index contributed by atoms with van der Waals surface area (Å²) in [5, 5.41) is 4.15. The maximum atomic E-state index is 13.3. The molecular weight excluding hydrogens is 354 g/mol. The Labute approximate surface area is 163 Å². The zero-order chi connectivity index (χ0) is 19.7. The SMILES string of the molecule is Cc1cc(-c2cccc(C(=O)N3CCCC[C@H]3c3cc(C)on3)c2)nc(N)n1. The van der Waals surface area contributed by atoms with Gasteiger partial charge in [-0.15, -0.1) is 0 Å². The molecule has 1 amide bonds. The predicted octanol–water partition coefficient (Wildman–Crippen LogP) is 3.70. The molecule has 0 saturated carbocycles. The van der Waals surface area contributed by atoms with Gasteiger partial charge in [0.1, 0.15) is 11.5 Å². The fourth-order valence-corrected chi connectivity index (χ4v) is 3.74. The zero-order valence-corrected chi connectivity index (χ0v) is 16.1. The van der Waals surface area contributed by atoms with E-state index >= 15 is 0 Å². The summed E-state index contributed by atoms with van der Waals surface area (Å²) in [6.07, 6.45) is 2.94. The minimum atomic E-state index is -0.0562. The van der Waals surface area contributed by atoms with Crippen LogP contribution in [0.15, 0.2) is 40.9 Å². The van der Waals surface area contributed by atoms with Gasteiger partial charge < -0.3 is 15.2 Å². The van der Waals surface area contributed by atoms with E-state index in [9.17, 15) is 4.79 Å². The van der Waals surface area contributed by atoms with Crippen LogP contribution in [0, 0.1) is 13.8 Å². The summed E-state index contributed by atoms with van der Waals surface area (Å²) in [4.78, 5) is 23.6. The molecule has 3 aromatic rings. The van der Waals surface area contributed by atoms with Crippen LogP contribution in [0.4, 0.5) is 5.95 Å². The average molecular weight is 377 g/mol. The molecule has 1 atom stereocenters. The second kappa shape index (κ2) is 7.42. The van der Waals surface area contributed by atoms with Crippen LogP contribution >= 0.6 is 0 Å². The van der Waals surface area contributed by atoms with Gasteiger partial charge in [0.2, 0.25) is 5.95 Å². The third kappa shape index (κ3) is 3.60. The Kier molecular flexibility index (Phi) is 4.81. The Hall–Kier alpha value is -3.22. The summed E-state index contributed by atoms with van der Waals surface area (Å²) in [7, 11) is 0. The highest BCUT2D eigenvalue weighted by atomic mass is 16.5. The van der Waals surface area contributed by atoms with Crippen molar-refractivity contribution in [1.29, 1.82) is 0 Å². The molecule has 1 aromatic carbocycles. The Bertz CT molecular complexity index is 993. The van der Waals surface area contributed by atoms with E-state index in [-0.39, 0.29) is 17.9 Å². The number of aromatic nitrogens is 3. The zero-order valence-electron chi connectivity index (χ0n) is 16.1. The third-order valence-corrected chi connectivity index (χ3v) is 5.03. The first-order chi connectivity index (χ1) is 13.5. The second-order valence-electron chi connectivity index (χ2n) is 7.21. The molecule has 7 heteroatoms. The van der Waals surface area contributed by atoms with Crippen molar-refractivity contribution in [3.05, 3.63) is 59.1 Å². The number of likely N-dealkylation sites (tertiary alicyclic amines) is 1. The lowest BCUT2D eigenvalue weighted by atomic mass is 9.97. The second-order valence-corrected chi connectivity index (χ2v) is 7.21. The number of nitrogens with zero attached hydrogens (tertiary/aromatic N) is 4. The van der Waals surface area contributed by atoms with Crippen LogP contribution in [0.5, 0.6) is 0 Å². The summed E-state index contributed by atoms with van der Waals surface area (Å²) in [6, 6.07) is 11.2. The van der Waals surface area contributed by atoms with Crippen molar-refractivity contribution in [2.75, 3.05) is 12.3 Å². The number of hydrogen-bond acceptors (Lipinski definition) is 6. The topological polar surface area (TPSA) is 98.1 Å². The molecule has 4 rings (SSSR count). The molecule has 144 valence electrons. The van der Waals surface area contributed by atoms with E-state index in [1.54, 1.807) is 0 Å². The van der Waals surface area contributed by atoms with Gasteiger partial charge in [0.25, 0.3) is 5.91 Å². The number of hydrogen-bond donors (Lipinski definition) is 1. The summed E-state index contributed by atoms with van der Waals surface area (Å²) in [5.41, 5.74) is 9.57. The van der Waals surface area contributed by atoms with Gasteiger partial charge in [0, 0.05) is 29.4 Å². The molecule has 0 unspecified atom stereocenters. The van der Waals surface area contributed by atoms with E-state index in [1.165, 1.54) is 0 Å². The lowest BCUT2D eigenvalue weighted by Crippen LogP contribution is -2.38. The highest BCUT2D eigenvalue weighted by Crippen LogP contribution is 2.32. The van der Waals surface area contributed by atoms with Crippen LogP contribution in [0.1, 0.15) is 52.8 Å². The third-order valence-electron chi connectivity index (χ3n) is 5.03. The number of nitrogen functional groups attached to an aromatic ring is 1. The number of nitrogens with two attached hydrogens (primary N) is 1. The minimum Gasteiger partial charge on any atom is -0.368 e. The Balaban J connectivity index is 1.65. The van der Waals surface area contributed by atoms with Gasteiger partial charge in [-0.3, -0.25) is 4.79 Å². The van der Waals surface area contributed by atoms with Gasteiger partial charge in [0.05, 0.1) is 11.7 Å². The Morgan fingerprint density at radius 1 is 1.18 bits per heavy atom. The quantitative estimate of drug-likeness (QED) is 0.747. The number of piperidine rings is 1. The number of amides is 1. The van der Waals surface area contributed by atoms with Crippen LogP contribution in [0.2, 0.25) is 0 Å². The van der Waals surface area contributed by atoms with E-state index in [2.05, 4.69) is 15.1 Å². The lowest BCUT2D eigenvalue weighted by Gasteiger charge is -2.34. The summed E-state index contributed by atoms with van der Waals surface area (Å²) < 4.78 is 5.24. The van der Waals surface area contributed by atoms with Crippen molar-refractivity contribution in [1.82, 2.24) is 20.0 Å². The van der Waals surface area contributed by atoms with Gasteiger partial charge in [-0.05, 0) is 51.3 Å². The first-order valence-electron chi connectivity index (χ1n) is 9.47. The maximum Gasteiger partial charge on any atom is 0.254 e. The number of benzene rings is 1. The van der Waals surface area contributed by atoms with Crippen LogP contribution in [-0.2, 0) is 0 Å². The Morgan fingerprint density at radius 3 is 2.79 bits per heavy atom. The highest BCUT2D eigenvalue weighted by molar-refractivity contribution is 5.95. The number of aryl methyl sites for hydroxylation is 2. The molecule has 1 aliphatic rings. The van der Waals surface area contributed by atoms with Crippen LogP contribution in [0.25, 0.3) is 11.3 Å². The monoisotopic (exact) mass is 377 g/mol. The van der Waals surface area contributed by atoms with Crippen molar-refractivity contribution in [3.63, 3.8) is 0 Å². The fourth-order valence-electron chi connectivity index (χ4n) is 3.74. The van der Waals surface area contributed by atoms with E-state index in [0.29, 0.717) is 17.8 Å². The first-order valence-corrected chi connectivity index (χ1v) is 9.47. The first kappa shape index (κ1) is 18.2. The number of carbonyl (C=O) groups excluding carboxylic acids is 1. The van der Waals surface area contributed by atoms with Crippen LogP contribution < -0.4 is 5.73 Å². The molecular formula is C21H23N5O2. The molecule has 0 spiro atoms. The van der Waals surface area contributed by atoms with Crippen LogP contribution in [0.3, 0.4) is 0 Å². The van der Waals surface area contributed by atoms with Crippen LogP contribution in [-0.4, -0.2) is 32.5 Å². The Morgan fingerprint density at radius 2 is 2.04 bits per heavy atom. The molecule has 0 radical (unpaired) electrons. The molecule has 7 nitrogen and oxygen atoms in total. The average Bonchev–Trinajstić information content (AvgIpc) is 3.13. The maximum absolute atomic E-state index is 13.3. The summed E-state index contributed by atoms with van der Waals surface area (Å²) >= 11 is 0.